The van der Waals surface area contributed by atoms with E-state index in [0.717, 1.165) is 19.3 Å². The highest BCUT2D eigenvalue weighted by atomic mass is 16.4. The van der Waals surface area contributed by atoms with Gasteiger partial charge in [0.15, 0.2) is 6.10 Å². The number of carbonyl (C=O) groups is 2. The van der Waals surface area contributed by atoms with E-state index in [-0.39, 0.29) is 19.0 Å². The standard InChI is InChI=1S/C12H20N2O4/c15-10(11(16)17)6-8-14-12(18)13-7-5-9-3-1-2-4-9/h3,10,15H,1-2,4-8H2,(H,16,17)(H2,13,14,18). The van der Waals surface area contributed by atoms with Crippen molar-refractivity contribution in [3.8, 4) is 0 Å². The number of aliphatic hydroxyl groups is 1. The van der Waals surface area contributed by atoms with Crippen molar-refractivity contribution >= 4 is 12.0 Å². The molecule has 0 aromatic carbocycles. The number of rotatable bonds is 7. The maximum Gasteiger partial charge on any atom is 0.332 e. The molecular weight excluding hydrogens is 236 g/mol. The van der Waals surface area contributed by atoms with E-state index in [2.05, 4.69) is 16.7 Å². The Balaban J connectivity index is 2.01. The third-order valence-electron chi connectivity index (χ3n) is 2.86. The van der Waals surface area contributed by atoms with E-state index in [1.165, 1.54) is 12.0 Å². The number of aliphatic hydroxyl groups excluding tert-OH is 1. The molecule has 1 unspecified atom stereocenters. The van der Waals surface area contributed by atoms with Crippen molar-refractivity contribution < 1.29 is 19.8 Å². The summed E-state index contributed by atoms with van der Waals surface area (Å²) in [6.45, 7) is 0.723. The zero-order chi connectivity index (χ0) is 13.4. The smallest absolute Gasteiger partial charge is 0.332 e. The maximum absolute atomic E-state index is 11.3. The van der Waals surface area contributed by atoms with E-state index in [4.69, 9.17) is 10.2 Å². The molecule has 0 heterocycles. The number of hydrogen-bond donors (Lipinski definition) is 4. The molecule has 102 valence electrons. The Bertz CT molecular complexity index is 328. The molecule has 6 heteroatoms. The van der Waals surface area contributed by atoms with Gasteiger partial charge in [-0.05, 0) is 25.7 Å². The van der Waals surface area contributed by atoms with Crippen molar-refractivity contribution in [3.05, 3.63) is 11.6 Å². The van der Waals surface area contributed by atoms with Gasteiger partial charge in [0.25, 0.3) is 0 Å². The van der Waals surface area contributed by atoms with Crippen molar-refractivity contribution in [2.75, 3.05) is 13.1 Å². The number of carboxylic acids is 1. The van der Waals surface area contributed by atoms with E-state index in [1.54, 1.807) is 0 Å². The first-order valence-electron chi connectivity index (χ1n) is 6.20. The van der Waals surface area contributed by atoms with Gasteiger partial charge in [-0.15, -0.1) is 0 Å². The predicted molar refractivity (Wildman–Crippen MR) is 66.2 cm³/mol. The van der Waals surface area contributed by atoms with Crippen LogP contribution in [0.1, 0.15) is 32.1 Å². The number of allylic oxidation sites excluding steroid dienone is 1. The summed E-state index contributed by atoms with van der Waals surface area (Å²) >= 11 is 0. The van der Waals surface area contributed by atoms with Gasteiger partial charge in [-0.25, -0.2) is 9.59 Å². The molecule has 0 aromatic heterocycles. The fraction of sp³-hybridized carbons (Fsp3) is 0.667. The first-order valence-corrected chi connectivity index (χ1v) is 6.20. The van der Waals surface area contributed by atoms with E-state index in [1.807, 2.05) is 0 Å². The highest BCUT2D eigenvalue weighted by molar-refractivity contribution is 5.74. The summed E-state index contributed by atoms with van der Waals surface area (Å²) in [6.07, 6.45) is 5.12. The summed E-state index contributed by atoms with van der Waals surface area (Å²) in [7, 11) is 0. The van der Waals surface area contributed by atoms with Crippen molar-refractivity contribution in [2.45, 2.75) is 38.2 Å². The lowest BCUT2D eigenvalue weighted by atomic mass is 10.2. The quantitative estimate of drug-likeness (QED) is 0.502. The van der Waals surface area contributed by atoms with Crippen LogP contribution in [0.4, 0.5) is 4.79 Å². The number of urea groups is 1. The van der Waals surface area contributed by atoms with Crippen LogP contribution in [0.15, 0.2) is 11.6 Å². The molecule has 18 heavy (non-hydrogen) atoms. The van der Waals surface area contributed by atoms with Crippen LogP contribution in [0.5, 0.6) is 0 Å². The summed E-state index contributed by atoms with van der Waals surface area (Å²) in [4.78, 5) is 21.6. The molecule has 4 N–H and O–H groups in total. The lowest BCUT2D eigenvalue weighted by Gasteiger charge is -2.09. The van der Waals surface area contributed by atoms with Crippen molar-refractivity contribution in [1.82, 2.24) is 10.6 Å². The molecule has 1 aliphatic rings. The van der Waals surface area contributed by atoms with Crippen molar-refractivity contribution in [1.29, 1.82) is 0 Å². The zero-order valence-electron chi connectivity index (χ0n) is 10.3. The fourth-order valence-corrected chi connectivity index (χ4v) is 1.81. The van der Waals surface area contributed by atoms with Gasteiger partial charge in [0.1, 0.15) is 0 Å². The SMILES string of the molecule is O=C(NCCC1=CCCC1)NCCC(O)C(=O)O. The number of nitrogens with one attached hydrogen (secondary N) is 2. The van der Waals surface area contributed by atoms with Gasteiger partial charge in [-0.3, -0.25) is 0 Å². The minimum Gasteiger partial charge on any atom is -0.479 e. The Morgan fingerprint density at radius 3 is 2.67 bits per heavy atom. The topological polar surface area (TPSA) is 98.7 Å². The number of carbonyl (C=O) groups excluding carboxylic acids is 1. The fourth-order valence-electron chi connectivity index (χ4n) is 1.81. The highest BCUT2D eigenvalue weighted by Crippen LogP contribution is 2.19. The summed E-state index contributed by atoms with van der Waals surface area (Å²) in [5.74, 6) is -1.27. The summed E-state index contributed by atoms with van der Waals surface area (Å²) < 4.78 is 0. The number of hydrogen-bond acceptors (Lipinski definition) is 3. The molecule has 6 nitrogen and oxygen atoms in total. The Kier molecular flexibility index (Phi) is 6.21. The van der Waals surface area contributed by atoms with E-state index < -0.39 is 12.1 Å². The highest BCUT2D eigenvalue weighted by Gasteiger charge is 2.12. The molecule has 0 aliphatic heterocycles. The minimum absolute atomic E-state index is 0.00784. The largest absolute Gasteiger partial charge is 0.479 e. The van der Waals surface area contributed by atoms with Gasteiger partial charge in [0, 0.05) is 19.5 Å². The lowest BCUT2D eigenvalue weighted by Crippen LogP contribution is -2.38. The van der Waals surface area contributed by atoms with E-state index >= 15 is 0 Å². The Hall–Kier alpha value is -1.56. The van der Waals surface area contributed by atoms with Gasteiger partial charge >= 0.3 is 12.0 Å². The molecule has 0 radical (unpaired) electrons. The van der Waals surface area contributed by atoms with Gasteiger partial charge in [0.2, 0.25) is 0 Å². The Morgan fingerprint density at radius 2 is 2.06 bits per heavy atom. The molecule has 0 spiro atoms. The van der Waals surface area contributed by atoms with Gasteiger partial charge < -0.3 is 20.8 Å². The van der Waals surface area contributed by atoms with Crippen LogP contribution < -0.4 is 10.6 Å². The van der Waals surface area contributed by atoms with Crippen LogP contribution in [-0.4, -0.2) is 41.4 Å². The molecule has 1 aliphatic carbocycles. The van der Waals surface area contributed by atoms with Crippen LogP contribution >= 0.6 is 0 Å². The summed E-state index contributed by atoms with van der Waals surface area (Å²) in [6, 6.07) is -0.328. The number of carboxylic acid groups (broad SMARTS) is 1. The molecule has 0 bridgehead atoms. The third-order valence-corrected chi connectivity index (χ3v) is 2.86. The normalized spacial score (nSPS) is 15.9. The molecule has 0 saturated carbocycles. The lowest BCUT2D eigenvalue weighted by molar-refractivity contribution is -0.146. The molecule has 1 atom stereocenters. The summed E-state index contributed by atoms with van der Waals surface area (Å²) in [5, 5.41) is 22.6. The summed E-state index contributed by atoms with van der Waals surface area (Å²) in [5.41, 5.74) is 1.39. The van der Waals surface area contributed by atoms with Crippen LogP contribution in [0.25, 0.3) is 0 Å². The molecule has 2 amide bonds. The van der Waals surface area contributed by atoms with E-state index in [0.29, 0.717) is 6.54 Å². The maximum atomic E-state index is 11.3. The zero-order valence-corrected chi connectivity index (χ0v) is 10.3. The Labute approximate surface area is 106 Å². The third kappa shape index (κ3) is 5.67. The Morgan fingerprint density at radius 1 is 1.33 bits per heavy atom. The van der Waals surface area contributed by atoms with Crippen LogP contribution in [-0.2, 0) is 4.79 Å². The van der Waals surface area contributed by atoms with Gasteiger partial charge in [0.05, 0.1) is 0 Å². The average molecular weight is 256 g/mol. The van der Waals surface area contributed by atoms with Crippen LogP contribution in [0.3, 0.4) is 0 Å². The molecule has 1 rings (SSSR count). The second kappa shape index (κ2) is 7.71. The molecule has 0 aromatic rings. The second-order valence-corrected chi connectivity index (χ2v) is 4.33. The molecule has 0 saturated heterocycles. The van der Waals surface area contributed by atoms with Crippen molar-refractivity contribution in [3.63, 3.8) is 0 Å². The average Bonchev–Trinajstić information content (AvgIpc) is 2.81. The van der Waals surface area contributed by atoms with E-state index in [9.17, 15) is 9.59 Å². The van der Waals surface area contributed by atoms with Gasteiger partial charge in [-0.1, -0.05) is 11.6 Å². The molecular formula is C12H20N2O4. The van der Waals surface area contributed by atoms with Crippen LogP contribution in [0, 0.1) is 0 Å². The minimum atomic E-state index is -1.42. The number of aliphatic carboxylic acids is 1. The van der Waals surface area contributed by atoms with Crippen molar-refractivity contribution in [2.24, 2.45) is 0 Å². The first kappa shape index (κ1) is 14.5. The van der Waals surface area contributed by atoms with Gasteiger partial charge in [-0.2, -0.15) is 0 Å². The predicted octanol–water partition coefficient (Wildman–Crippen LogP) is 0.622. The van der Waals surface area contributed by atoms with Crippen LogP contribution in [0.2, 0.25) is 0 Å². The number of amides is 2. The molecule has 0 fully saturated rings. The monoisotopic (exact) mass is 256 g/mol. The first-order chi connectivity index (χ1) is 8.59. The second-order valence-electron chi connectivity index (χ2n) is 4.33.